The highest BCUT2D eigenvalue weighted by Gasteiger charge is 2.17. The summed E-state index contributed by atoms with van der Waals surface area (Å²) in [5, 5.41) is 20.5. The van der Waals surface area contributed by atoms with E-state index >= 15 is 0 Å². The van der Waals surface area contributed by atoms with Crippen molar-refractivity contribution in [3.63, 3.8) is 0 Å². The van der Waals surface area contributed by atoms with Gasteiger partial charge in [0, 0.05) is 10.9 Å². The molecular formula is C21H20N2O. The summed E-state index contributed by atoms with van der Waals surface area (Å²) in [6.07, 6.45) is 0.749. The molecule has 0 spiro atoms. The Hall–Kier alpha value is -2.86. The second kappa shape index (κ2) is 6.33. The van der Waals surface area contributed by atoms with Gasteiger partial charge in [-0.2, -0.15) is 5.26 Å². The van der Waals surface area contributed by atoms with Gasteiger partial charge < -0.3 is 5.11 Å². The fourth-order valence-corrected chi connectivity index (χ4v) is 2.98. The Bertz CT molecular complexity index is 935. The molecule has 3 aromatic rings. The average molecular weight is 316 g/mol. The Kier molecular flexibility index (Phi) is 4.22. The van der Waals surface area contributed by atoms with E-state index in [-0.39, 0.29) is 5.75 Å². The molecule has 0 bridgehead atoms. The van der Waals surface area contributed by atoms with Crippen molar-refractivity contribution in [2.24, 2.45) is 5.92 Å². The van der Waals surface area contributed by atoms with Crippen molar-refractivity contribution in [1.82, 2.24) is 4.98 Å². The smallest absolute Gasteiger partial charge is 0.116 e. The first kappa shape index (κ1) is 16.0. The van der Waals surface area contributed by atoms with Crippen molar-refractivity contribution < 1.29 is 5.11 Å². The maximum atomic E-state index is 9.91. The van der Waals surface area contributed by atoms with E-state index in [1.165, 1.54) is 5.56 Å². The lowest BCUT2D eigenvalue weighted by molar-refractivity contribution is 0.476. The zero-order valence-corrected chi connectivity index (χ0v) is 14.2. The van der Waals surface area contributed by atoms with Crippen LogP contribution < -0.4 is 0 Å². The highest BCUT2D eigenvalue weighted by molar-refractivity contribution is 5.98. The van der Waals surface area contributed by atoms with Crippen LogP contribution in [0.2, 0.25) is 0 Å². The molecule has 0 amide bonds. The fraction of sp³-hybridized carbons (Fsp3) is 0.238. The monoisotopic (exact) mass is 316 g/mol. The van der Waals surface area contributed by atoms with Crippen LogP contribution in [-0.2, 0) is 6.42 Å². The number of phenolic OH excluding ortho intramolecular Hbond substituents is 1. The number of hydrogen-bond donors (Lipinski definition) is 1. The van der Waals surface area contributed by atoms with Crippen LogP contribution in [0.25, 0.3) is 22.0 Å². The van der Waals surface area contributed by atoms with E-state index < -0.39 is 0 Å². The van der Waals surface area contributed by atoms with Crippen molar-refractivity contribution in [3.8, 4) is 22.9 Å². The van der Waals surface area contributed by atoms with E-state index in [0.29, 0.717) is 11.5 Å². The number of nitriles is 1. The highest BCUT2D eigenvalue weighted by atomic mass is 16.3. The molecule has 0 aliphatic carbocycles. The summed E-state index contributed by atoms with van der Waals surface area (Å²) in [6.45, 7) is 6.28. The van der Waals surface area contributed by atoms with Gasteiger partial charge in [0.2, 0.25) is 0 Å². The minimum Gasteiger partial charge on any atom is -0.508 e. The number of rotatable bonds is 3. The Labute approximate surface area is 142 Å². The Balaban J connectivity index is 2.39. The molecule has 0 saturated heterocycles. The second-order valence-electron chi connectivity index (χ2n) is 6.59. The van der Waals surface area contributed by atoms with Gasteiger partial charge in [0.15, 0.2) is 0 Å². The fourth-order valence-electron chi connectivity index (χ4n) is 2.98. The Morgan fingerprint density at radius 3 is 2.46 bits per heavy atom. The minimum atomic E-state index is 0.179. The molecule has 24 heavy (non-hydrogen) atoms. The van der Waals surface area contributed by atoms with Crippen LogP contribution in [0.3, 0.4) is 0 Å². The SMILES string of the molecule is Cc1ccc(-c2c(C#N)c(CC(C)C)nc3ccc(O)cc23)cc1. The predicted molar refractivity (Wildman–Crippen MR) is 96.8 cm³/mol. The van der Waals surface area contributed by atoms with Crippen molar-refractivity contribution >= 4 is 10.9 Å². The lowest BCUT2D eigenvalue weighted by Gasteiger charge is -2.15. The molecule has 2 aromatic carbocycles. The van der Waals surface area contributed by atoms with Crippen LogP contribution in [0.5, 0.6) is 5.75 Å². The number of nitrogens with zero attached hydrogens (tertiary/aromatic N) is 2. The van der Waals surface area contributed by atoms with Gasteiger partial charge >= 0.3 is 0 Å². The standard InChI is InChI=1S/C21H20N2O/c1-13(2)10-20-18(12-22)21(15-6-4-14(3)5-7-15)17-11-16(24)8-9-19(17)23-20/h4-9,11,13,24H,10H2,1-3H3. The van der Waals surface area contributed by atoms with Gasteiger partial charge in [-0.25, -0.2) is 0 Å². The zero-order chi connectivity index (χ0) is 17.3. The maximum absolute atomic E-state index is 9.91. The minimum absolute atomic E-state index is 0.179. The normalized spacial score (nSPS) is 11.0. The van der Waals surface area contributed by atoms with Crippen molar-refractivity contribution in [3.05, 3.63) is 59.3 Å². The van der Waals surface area contributed by atoms with Gasteiger partial charge in [-0.15, -0.1) is 0 Å². The number of aromatic nitrogens is 1. The second-order valence-corrected chi connectivity index (χ2v) is 6.59. The van der Waals surface area contributed by atoms with Gasteiger partial charge in [0.05, 0.1) is 16.8 Å². The Morgan fingerprint density at radius 2 is 1.83 bits per heavy atom. The molecular weight excluding hydrogens is 296 g/mol. The number of phenols is 1. The molecule has 3 heteroatoms. The number of pyridine rings is 1. The van der Waals surface area contributed by atoms with Gasteiger partial charge in [0.25, 0.3) is 0 Å². The zero-order valence-electron chi connectivity index (χ0n) is 14.2. The van der Waals surface area contributed by atoms with E-state index in [9.17, 15) is 10.4 Å². The maximum Gasteiger partial charge on any atom is 0.116 e. The van der Waals surface area contributed by atoms with E-state index in [2.05, 4.69) is 19.9 Å². The molecule has 0 unspecified atom stereocenters. The summed E-state index contributed by atoms with van der Waals surface area (Å²) in [4.78, 5) is 4.70. The molecule has 0 aliphatic rings. The van der Waals surface area contributed by atoms with E-state index in [4.69, 9.17) is 4.98 Å². The quantitative estimate of drug-likeness (QED) is 0.741. The van der Waals surface area contributed by atoms with Crippen molar-refractivity contribution in [1.29, 1.82) is 5.26 Å². The third-order valence-electron chi connectivity index (χ3n) is 4.10. The van der Waals surface area contributed by atoms with Gasteiger partial charge in [-0.1, -0.05) is 43.7 Å². The number of fused-ring (bicyclic) bond motifs is 1. The largest absolute Gasteiger partial charge is 0.508 e. The predicted octanol–water partition coefficient (Wildman–Crippen LogP) is 4.99. The molecule has 1 N–H and O–H groups in total. The van der Waals surface area contributed by atoms with Crippen LogP contribution in [0.1, 0.15) is 30.7 Å². The molecule has 0 fully saturated rings. The van der Waals surface area contributed by atoms with E-state index in [1.807, 2.05) is 37.3 Å². The molecule has 3 rings (SSSR count). The lowest BCUT2D eigenvalue weighted by Crippen LogP contribution is -2.04. The first-order valence-electron chi connectivity index (χ1n) is 8.12. The van der Waals surface area contributed by atoms with Crippen LogP contribution in [0.4, 0.5) is 0 Å². The summed E-state index contributed by atoms with van der Waals surface area (Å²) in [6, 6.07) is 15.6. The first-order chi connectivity index (χ1) is 11.5. The molecule has 0 saturated carbocycles. The van der Waals surface area contributed by atoms with E-state index in [1.54, 1.807) is 12.1 Å². The molecule has 0 aliphatic heterocycles. The molecule has 120 valence electrons. The van der Waals surface area contributed by atoms with Crippen LogP contribution in [0.15, 0.2) is 42.5 Å². The lowest BCUT2D eigenvalue weighted by atomic mass is 9.92. The van der Waals surface area contributed by atoms with Gasteiger partial charge in [-0.05, 0) is 43.0 Å². The van der Waals surface area contributed by atoms with Crippen molar-refractivity contribution in [2.45, 2.75) is 27.2 Å². The summed E-state index contributed by atoms with van der Waals surface area (Å²) in [7, 11) is 0. The molecule has 1 aromatic heterocycles. The van der Waals surface area contributed by atoms with Gasteiger partial charge in [0.1, 0.15) is 11.8 Å². The third-order valence-corrected chi connectivity index (χ3v) is 4.10. The molecule has 1 heterocycles. The number of aromatic hydroxyl groups is 1. The van der Waals surface area contributed by atoms with E-state index in [0.717, 1.165) is 34.1 Å². The molecule has 3 nitrogen and oxygen atoms in total. The highest BCUT2D eigenvalue weighted by Crippen LogP contribution is 2.35. The van der Waals surface area contributed by atoms with Crippen LogP contribution in [0, 0.1) is 24.2 Å². The summed E-state index contributed by atoms with van der Waals surface area (Å²) in [5.74, 6) is 0.586. The summed E-state index contributed by atoms with van der Waals surface area (Å²) in [5.41, 5.74) is 5.22. The van der Waals surface area contributed by atoms with Crippen LogP contribution >= 0.6 is 0 Å². The topological polar surface area (TPSA) is 56.9 Å². The number of aryl methyl sites for hydroxylation is 1. The Morgan fingerprint density at radius 1 is 1.12 bits per heavy atom. The average Bonchev–Trinajstić information content (AvgIpc) is 2.54. The third kappa shape index (κ3) is 2.96. The first-order valence-corrected chi connectivity index (χ1v) is 8.12. The molecule has 0 radical (unpaired) electrons. The van der Waals surface area contributed by atoms with Crippen LogP contribution in [-0.4, -0.2) is 10.1 Å². The number of hydrogen-bond acceptors (Lipinski definition) is 3. The number of benzene rings is 2. The van der Waals surface area contributed by atoms with Crippen molar-refractivity contribution in [2.75, 3.05) is 0 Å². The van der Waals surface area contributed by atoms with Gasteiger partial charge in [-0.3, -0.25) is 4.98 Å². The molecule has 0 atom stereocenters. The summed E-state index contributed by atoms with van der Waals surface area (Å²) >= 11 is 0. The summed E-state index contributed by atoms with van der Waals surface area (Å²) < 4.78 is 0.